The fourth-order valence-corrected chi connectivity index (χ4v) is 1.53. The Kier molecular flexibility index (Phi) is 5.60. The molecule has 1 rings (SSSR count). The molecular formula is C10H15BrN2O2. The first-order valence-corrected chi connectivity index (χ1v) is 5.53. The van der Waals surface area contributed by atoms with Crippen molar-refractivity contribution < 1.29 is 9.84 Å². The number of nitrogens with zero attached hydrogens (tertiary/aromatic N) is 1. The maximum Gasteiger partial charge on any atom is 0.0790 e. The Morgan fingerprint density at radius 2 is 2.40 bits per heavy atom. The van der Waals surface area contributed by atoms with Gasteiger partial charge in [-0.15, -0.1) is 0 Å². The van der Waals surface area contributed by atoms with E-state index in [4.69, 9.17) is 4.74 Å². The monoisotopic (exact) mass is 274 g/mol. The van der Waals surface area contributed by atoms with Crippen LogP contribution in [0.1, 0.15) is 6.42 Å². The number of anilines is 1. The SMILES string of the molecule is COCC(O)CCNc1cncc(Br)c1. The predicted octanol–water partition coefficient (Wildman–Crippen LogP) is 1.65. The van der Waals surface area contributed by atoms with E-state index >= 15 is 0 Å². The van der Waals surface area contributed by atoms with Crippen LogP contribution in [0.15, 0.2) is 22.9 Å². The van der Waals surface area contributed by atoms with Crippen LogP contribution in [0.25, 0.3) is 0 Å². The Labute approximate surface area is 97.8 Å². The average molecular weight is 275 g/mol. The quantitative estimate of drug-likeness (QED) is 0.829. The predicted molar refractivity (Wildman–Crippen MR) is 62.9 cm³/mol. The standard InChI is InChI=1S/C10H15BrN2O2/c1-15-7-10(14)2-3-13-9-4-8(11)5-12-6-9/h4-6,10,13-14H,2-3,7H2,1H3. The van der Waals surface area contributed by atoms with E-state index in [1.807, 2.05) is 6.07 Å². The van der Waals surface area contributed by atoms with Gasteiger partial charge in [0.15, 0.2) is 0 Å². The molecule has 0 spiro atoms. The normalized spacial score (nSPS) is 12.5. The van der Waals surface area contributed by atoms with Crippen LogP contribution in [-0.4, -0.2) is 36.5 Å². The molecule has 0 amide bonds. The van der Waals surface area contributed by atoms with Gasteiger partial charge in [0, 0.05) is 24.3 Å². The number of nitrogens with one attached hydrogen (secondary N) is 1. The summed E-state index contributed by atoms with van der Waals surface area (Å²) in [6, 6.07) is 1.94. The first kappa shape index (κ1) is 12.4. The van der Waals surface area contributed by atoms with Crippen molar-refractivity contribution in [2.24, 2.45) is 0 Å². The Balaban J connectivity index is 2.25. The van der Waals surface area contributed by atoms with Crippen molar-refractivity contribution >= 4 is 21.6 Å². The second-order valence-electron chi connectivity index (χ2n) is 3.22. The summed E-state index contributed by atoms with van der Waals surface area (Å²) >= 11 is 3.34. The zero-order valence-electron chi connectivity index (χ0n) is 8.61. The lowest BCUT2D eigenvalue weighted by molar-refractivity contribution is 0.0615. The number of hydrogen-bond donors (Lipinski definition) is 2. The van der Waals surface area contributed by atoms with Crippen molar-refractivity contribution in [1.82, 2.24) is 4.98 Å². The van der Waals surface area contributed by atoms with Gasteiger partial charge in [-0.3, -0.25) is 4.98 Å². The molecule has 4 nitrogen and oxygen atoms in total. The minimum Gasteiger partial charge on any atom is -0.391 e. The Morgan fingerprint density at radius 1 is 1.60 bits per heavy atom. The number of aromatic nitrogens is 1. The van der Waals surface area contributed by atoms with Gasteiger partial charge in [-0.05, 0) is 28.4 Å². The molecule has 1 heterocycles. The van der Waals surface area contributed by atoms with Crippen LogP contribution >= 0.6 is 15.9 Å². The van der Waals surface area contributed by atoms with E-state index in [0.29, 0.717) is 19.6 Å². The number of aliphatic hydroxyl groups excluding tert-OH is 1. The maximum absolute atomic E-state index is 9.39. The van der Waals surface area contributed by atoms with Crippen molar-refractivity contribution in [3.8, 4) is 0 Å². The lowest BCUT2D eigenvalue weighted by Gasteiger charge is -2.10. The van der Waals surface area contributed by atoms with E-state index in [1.54, 1.807) is 19.5 Å². The lowest BCUT2D eigenvalue weighted by atomic mass is 10.2. The van der Waals surface area contributed by atoms with Gasteiger partial charge < -0.3 is 15.2 Å². The van der Waals surface area contributed by atoms with E-state index in [2.05, 4.69) is 26.2 Å². The van der Waals surface area contributed by atoms with Gasteiger partial charge in [0.05, 0.1) is 24.6 Å². The van der Waals surface area contributed by atoms with Crippen molar-refractivity contribution in [2.75, 3.05) is 25.6 Å². The van der Waals surface area contributed by atoms with Gasteiger partial charge in [0.2, 0.25) is 0 Å². The number of methoxy groups -OCH3 is 1. The number of rotatable bonds is 6. The summed E-state index contributed by atoms with van der Waals surface area (Å²) in [4.78, 5) is 4.02. The first-order chi connectivity index (χ1) is 7.22. The molecular weight excluding hydrogens is 260 g/mol. The van der Waals surface area contributed by atoms with Gasteiger partial charge in [0.25, 0.3) is 0 Å². The van der Waals surface area contributed by atoms with E-state index in [-0.39, 0.29) is 0 Å². The zero-order valence-corrected chi connectivity index (χ0v) is 10.2. The molecule has 0 saturated heterocycles. The summed E-state index contributed by atoms with van der Waals surface area (Å²) in [5.74, 6) is 0. The van der Waals surface area contributed by atoms with Crippen LogP contribution in [-0.2, 0) is 4.74 Å². The van der Waals surface area contributed by atoms with Crippen molar-refractivity contribution in [3.05, 3.63) is 22.9 Å². The molecule has 0 aliphatic carbocycles. The molecule has 0 saturated carbocycles. The largest absolute Gasteiger partial charge is 0.391 e. The van der Waals surface area contributed by atoms with Crippen molar-refractivity contribution in [2.45, 2.75) is 12.5 Å². The average Bonchev–Trinajstić information content (AvgIpc) is 2.18. The van der Waals surface area contributed by atoms with Crippen LogP contribution in [0.5, 0.6) is 0 Å². The zero-order chi connectivity index (χ0) is 11.1. The smallest absolute Gasteiger partial charge is 0.0790 e. The van der Waals surface area contributed by atoms with Crippen molar-refractivity contribution in [3.63, 3.8) is 0 Å². The topological polar surface area (TPSA) is 54.4 Å². The number of halogens is 1. The van der Waals surface area contributed by atoms with E-state index in [0.717, 1.165) is 10.2 Å². The molecule has 1 aromatic rings. The summed E-state index contributed by atoms with van der Waals surface area (Å²) in [5, 5.41) is 12.6. The number of hydrogen-bond acceptors (Lipinski definition) is 4. The molecule has 1 atom stereocenters. The van der Waals surface area contributed by atoms with E-state index in [1.165, 1.54) is 0 Å². The van der Waals surface area contributed by atoms with Gasteiger partial charge in [-0.25, -0.2) is 0 Å². The van der Waals surface area contributed by atoms with E-state index in [9.17, 15) is 5.11 Å². The molecule has 1 unspecified atom stereocenters. The van der Waals surface area contributed by atoms with Crippen LogP contribution in [0, 0.1) is 0 Å². The molecule has 2 N–H and O–H groups in total. The summed E-state index contributed by atoms with van der Waals surface area (Å²) in [5.41, 5.74) is 0.939. The number of ether oxygens (including phenoxy) is 1. The minimum absolute atomic E-state index is 0.373. The second kappa shape index (κ2) is 6.76. The highest BCUT2D eigenvalue weighted by Gasteiger charge is 2.02. The second-order valence-corrected chi connectivity index (χ2v) is 4.13. The van der Waals surface area contributed by atoms with Gasteiger partial charge in [0.1, 0.15) is 0 Å². The molecule has 0 fully saturated rings. The molecule has 84 valence electrons. The van der Waals surface area contributed by atoms with Crippen LogP contribution in [0.4, 0.5) is 5.69 Å². The Morgan fingerprint density at radius 3 is 3.07 bits per heavy atom. The third-order valence-corrected chi connectivity index (χ3v) is 2.30. The van der Waals surface area contributed by atoms with E-state index < -0.39 is 6.10 Å². The molecule has 0 aliphatic heterocycles. The third-order valence-electron chi connectivity index (χ3n) is 1.87. The highest BCUT2D eigenvalue weighted by molar-refractivity contribution is 9.10. The highest BCUT2D eigenvalue weighted by Crippen LogP contribution is 2.13. The third kappa shape index (κ3) is 5.11. The molecule has 0 aliphatic rings. The fraction of sp³-hybridized carbons (Fsp3) is 0.500. The number of aliphatic hydroxyl groups is 1. The highest BCUT2D eigenvalue weighted by atomic mass is 79.9. The summed E-state index contributed by atoms with van der Waals surface area (Å²) in [6.07, 6.45) is 3.71. The van der Waals surface area contributed by atoms with Gasteiger partial charge in [-0.2, -0.15) is 0 Å². The van der Waals surface area contributed by atoms with Crippen LogP contribution in [0.2, 0.25) is 0 Å². The Hall–Kier alpha value is -0.650. The summed E-state index contributed by atoms with van der Waals surface area (Å²) in [7, 11) is 1.58. The Bertz CT molecular complexity index is 297. The molecule has 5 heteroatoms. The van der Waals surface area contributed by atoms with Gasteiger partial charge in [-0.1, -0.05) is 0 Å². The summed E-state index contributed by atoms with van der Waals surface area (Å²) in [6.45, 7) is 1.07. The minimum atomic E-state index is -0.414. The van der Waals surface area contributed by atoms with Crippen LogP contribution in [0.3, 0.4) is 0 Å². The fourth-order valence-electron chi connectivity index (χ4n) is 1.17. The van der Waals surface area contributed by atoms with Crippen molar-refractivity contribution in [1.29, 1.82) is 0 Å². The lowest BCUT2D eigenvalue weighted by Crippen LogP contribution is -2.18. The van der Waals surface area contributed by atoms with Crippen LogP contribution < -0.4 is 5.32 Å². The molecule has 15 heavy (non-hydrogen) atoms. The first-order valence-electron chi connectivity index (χ1n) is 4.74. The maximum atomic E-state index is 9.39. The summed E-state index contributed by atoms with van der Waals surface area (Å²) < 4.78 is 5.76. The number of pyridine rings is 1. The molecule has 0 aromatic carbocycles. The molecule has 0 radical (unpaired) electrons. The van der Waals surface area contributed by atoms with Gasteiger partial charge >= 0.3 is 0 Å². The molecule has 1 aromatic heterocycles. The molecule has 0 bridgehead atoms.